The molecule has 1 aromatic heterocycles. The van der Waals surface area contributed by atoms with Crippen LogP contribution in [0, 0.1) is 11.2 Å². The minimum absolute atomic E-state index is 0.284. The van der Waals surface area contributed by atoms with Gasteiger partial charge in [-0.3, -0.25) is 4.98 Å². The standard InChI is InChI=1S/C11H14ClFN2/c12-7-11(1-2-11)8-15-5-9-3-10(13)6-14-4-9/h3-4,6,15H,1-2,5,7-8H2. The zero-order valence-electron chi connectivity index (χ0n) is 8.47. The first kappa shape index (κ1) is 10.8. The summed E-state index contributed by atoms with van der Waals surface area (Å²) < 4.78 is 12.8. The Morgan fingerprint density at radius 2 is 2.27 bits per heavy atom. The second-order valence-electron chi connectivity index (χ2n) is 4.25. The van der Waals surface area contributed by atoms with Gasteiger partial charge in [-0.1, -0.05) is 0 Å². The minimum atomic E-state index is -0.284. The van der Waals surface area contributed by atoms with Crippen molar-refractivity contribution in [3.8, 4) is 0 Å². The van der Waals surface area contributed by atoms with E-state index in [1.54, 1.807) is 6.20 Å². The van der Waals surface area contributed by atoms with Gasteiger partial charge in [0, 0.05) is 25.2 Å². The summed E-state index contributed by atoms with van der Waals surface area (Å²) in [5.41, 5.74) is 1.18. The number of nitrogens with one attached hydrogen (secondary N) is 1. The van der Waals surface area contributed by atoms with Crippen molar-refractivity contribution in [1.29, 1.82) is 0 Å². The average Bonchev–Trinajstić information content (AvgIpc) is 2.99. The zero-order chi connectivity index (χ0) is 10.7. The molecule has 0 spiro atoms. The Morgan fingerprint density at radius 1 is 1.47 bits per heavy atom. The Bertz CT molecular complexity index is 339. The lowest BCUT2D eigenvalue weighted by atomic mass is 10.1. The van der Waals surface area contributed by atoms with Crippen molar-refractivity contribution in [3.05, 3.63) is 29.8 Å². The molecule has 1 fully saturated rings. The van der Waals surface area contributed by atoms with E-state index in [-0.39, 0.29) is 5.82 Å². The van der Waals surface area contributed by atoms with E-state index in [0.717, 1.165) is 12.1 Å². The van der Waals surface area contributed by atoms with Gasteiger partial charge in [0.05, 0.1) is 6.20 Å². The second-order valence-corrected chi connectivity index (χ2v) is 4.52. The van der Waals surface area contributed by atoms with E-state index >= 15 is 0 Å². The average molecular weight is 229 g/mol. The maximum absolute atomic E-state index is 12.8. The van der Waals surface area contributed by atoms with Crippen LogP contribution in [0.2, 0.25) is 0 Å². The van der Waals surface area contributed by atoms with Gasteiger partial charge >= 0.3 is 0 Å². The van der Waals surface area contributed by atoms with E-state index in [1.165, 1.54) is 25.1 Å². The molecule has 1 heterocycles. The van der Waals surface area contributed by atoms with E-state index in [9.17, 15) is 4.39 Å². The number of pyridine rings is 1. The van der Waals surface area contributed by atoms with Crippen LogP contribution in [0.4, 0.5) is 4.39 Å². The lowest BCUT2D eigenvalue weighted by Crippen LogP contribution is -2.24. The molecule has 1 aromatic rings. The predicted molar refractivity (Wildman–Crippen MR) is 58.3 cm³/mol. The number of hydrogen-bond acceptors (Lipinski definition) is 2. The van der Waals surface area contributed by atoms with Crippen LogP contribution in [-0.4, -0.2) is 17.4 Å². The third-order valence-corrected chi connectivity index (χ3v) is 3.40. The minimum Gasteiger partial charge on any atom is -0.312 e. The summed E-state index contributed by atoms with van der Waals surface area (Å²) in [6.07, 6.45) is 5.29. The second kappa shape index (κ2) is 4.45. The van der Waals surface area contributed by atoms with Crippen molar-refractivity contribution < 1.29 is 4.39 Å². The van der Waals surface area contributed by atoms with Crippen LogP contribution in [0.15, 0.2) is 18.5 Å². The number of hydrogen-bond donors (Lipinski definition) is 1. The van der Waals surface area contributed by atoms with Crippen LogP contribution >= 0.6 is 11.6 Å². The third-order valence-electron chi connectivity index (χ3n) is 2.83. The largest absolute Gasteiger partial charge is 0.312 e. The molecule has 82 valence electrons. The first-order valence-electron chi connectivity index (χ1n) is 5.10. The van der Waals surface area contributed by atoms with Gasteiger partial charge in [0.1, 0.15) is 5.82 Å². The summed E-state index contributed by atoms with van der Waals surface area (Å²) >= 11 is 5.85. The highest BCUT2D eigenvalue weighted by Crippen LogP contribution is 2.45. The molecule has 0 saturated heterocycles. The highest BCUT2D eigenvalue weighted by Gasteiger charge is 2.40. The van der Waals surface area contributed by atoms with Crippen LogP contribution in [0.25, 0.3) is 0 Å². The van der Waals surface area contributed by atoms with Crippen molar-refractivity contribution in [1.82, 2.24) is 10.3 Å². The summed E-state index contributed by atoms with van der Waals surface area (Å²) in [6.45, 7) is 1.57. The lowest BCUT2D eigenvalue weighted by Gasteiger charge is -2.12. The first-order valence-corrected chi connectivity index (χ1v) is 5.64. The van der Waals surface area contributed by atoms with Gasteiger partial charge in [-0.25, -0.2) is 4.39 Å². The summed E-state index contributed by atoms with van der Waals surface area (Å²) in [6, 6.07) is 1.50. The van der Waals surface area contributed by atoms with E-state index in [0.29, 0.717) is 17.8 Å². The number of nitrogens with zero attached hydrogens (tertiary/aromatic N) is 1. The van der Waals surface area contributed by atoms with Crippen molar-refractivity contribution in [2.75, 3.05) is 12.4 Å². The van der Waals surface area contributed by atoms with Crippen molar-refractivity contribution in [2.24, 2.45) is 5.41 Å². The molecule has 2 nitrogen and oxygen atoms in total. The Hall–Kier alpha value is -0.670. The molecule has 1 N–H and O–H groups in total. The molecule has 0 atom stereocenters. The highest BCUT2D eigenvalue weighted by atomic mass is 35.5. The van der Waals surface area contributed by atoms with Gasteiger partial charge in [0.25, 0.3) is 0 Å². The fraction of sp³-hybridized carbons (Fsp3) is 0.545. The van der Waals surface area contributed by atoms with Gasteiger partial charge < -0.3 is 5.32 Å². The molecular formula is C11H14ClFN2. The Labute approximate surface area is 93.9 Å². The fourth-order valence-corrected chi connectivity index (χ4v) is 1.92. The molecule has 0 amide bonds. The van der Waals surface area contributed by atoms with Gasteiger partial charge in [-0.05, 0) is 29.9 Å². The van der Waals surface area contributed by atoms with E-state index in [1.807, 2.05) is 0 Å². The maximum Gasteiger partial charge on any atom is 0.141 e. The summed E-state index contributed by atoms with van der Waals surface area (Å²) in [4.78, 5) is 3.79. The monoisotopic (exact) mass is 228 g/mol. The van der Waals surface area contributed by atoms with Crippen LogP contribution < -0.4 is 5.32 Å². The van der Waals surface area contributed by atoms with Crippen molar-refractivity contribution in [2.45, 2.75) is 19.4 Å². The molecule has 1 saturated carbocycles. The van der Waals surface area contributed by atoms with Crippen molar-refractivity contribution in [3.63, 3.8) is 0 Å². The highest BCUT2D eigenvalue weighted by molar-refractivity contribution is 6.18. The Kier molecular flexibility index (Phi) is 3.22. The van der Waals surface area contributed by atoms with Gasteiger partial charge in [0.2, 0.25) is 0 Å². The topological polar surface area (TPSA) is 24.9 Å². The van der Waals surface area contributed by atoms with Gasteiger partial charge in [-0.15, -0.1) is 11.6 Å². The van der Waals surface area contributed by atoms with Gasteiger partial charge in [-0.2, -0.15) is 0 Å². The Balaban J connectivity index is 1.78. The van der Waals surface area contributed by atoms with E-state index < -0.39 is 0 Å². The smallest absolute Gasteiger partial charge is 0.141 e. The molecule has 2 rings (SSSR count). The zero-order valence-corrected chi connectivity index (χ0v) is 9.23. The fourth-order valence-electron chi connectivity index (χ4n) is 1.56. The first-order chi connectivity index (χ1) is 7.24. The quantitative estimate of drug-likeness (QED) is 0.783. The molecule has 1 aliphatic rings. The molecule has 0 unspecified atom stereocenters. The molecule has 0 bridgehead atoms. The molecule has 15 heavy (non-hydrogen) atoms. The Morgan fingerprint density at radius 3 is 2.87 bits per heavy atom. The SMILES string of the molecule is Fc1cncc(CNCC2(CCl)CC2)c1. The summed E-state index contributed by atoms with van der Waals surface area (Å²) in [7, 11) is 0. The molecule has 0 aromatic carbocycles. The van der Waals surface area contributed by atoms with Crippen LogP contribution in [-0.2, 0) is 6.54 Å². The van der Waals surface area contributed by atoms with E-state index in [4.69, 9.17) is 11.6 Å². The maximum atomic E-state index is 12.8. The van der Waals surface area contributed by atoms with Crippen LogP contribution in [0.3, 0.4) is 0 Å². The number of alkyl halides is 1. The summed E-state index contributed by atoms with van der Waals surface area (Å²) in [5, 5.41) is 3.29. The number of aromatic nitrogens is 1. The van der Waals surface area contributed by atoms with Gasteiger partial charge in [0.15, 0.2) is 0 Å². The lowest BCUT2D eigenvalue weighted by molar-refractivity contribution is 0.503. The molecule has 1 aliphatic carbocycles. The molecule has 4 heteroatoms. The van der Waals surface area contributed by atoms with E-state index in [2.05, 4.69) is 10.3 Å². The van der Waals surface area contributed by atoms with Crippen LogP contribution in [0.5, 0.6) is 0 Å². The normalized spacial score (nSPS) is 17.7. The summed E-state index contributed by atoms with van der Waals surface area (Å²) in [5.74, 6) is 0.425. The van der Waals surface area contributed by atoms with Crippen molar-refractivity contribution >= 4 is 11.6 Å². The molecule has 0 radical (unpaired) electrons. The predicted octanol–water partition coefficient (Wildman–Crippen LogP) is 2.33. The van der Waals surface area contributed by atoms with Crippen LogP contribution in [0.1, 0.15) is 18.4 Å². The molecular weight excluding hydrogens is 215 g/mol. The number of halogens is 2. The molecule has 0 aliphatic heterocycles. The third kappa shape index (κ3) is 2.89. The number of rotatable bonds is 5.